The summed E-state index contributed by atoms with van der Waals surface area (Å²) in [6.07, 6.45) is 4.41. The third kappa shape index (κ3) is 1.94. The molecule has 0 atom stereocenters. The van der Waals surface area contributed by atoms with E-state index in [0.29, 0.717) is 11.6 Å². The molecule has 0 unspecified atom stereocenters. The van der Waals surface area contributed by atoms with Gasteiger partial charge in [-0.1, -0.05) is 12.8 Å². The molecule has 1 N–H and O–H groups in total. The van der Waals surface area contributed by atoms with Gasteiger partial charge in [-0.3, -0.25) is 0 Å². The molecule has 0 radical (unpaired) electrons. The van der Waals surface area contributed by atoms with Crippen LogP contribution in [0, 0.1) is 0 Å². The summed E-state index contributed by atoms with van der Waals surface area (Å²) in [7, 11) is 0. The van der Waals surface area contributed by atoms with Crippen LogP contribution in [-0.4, -0.2) is 26.1 Å². The zero-order valence-corrected chi connectivity index (χ0v) is 9.68. The summed E-state index contributed by atoms with van der Waals surface area (Å²) in [6, 6.07) is 0.105. The average molecular weight is 223 g/mol. The molecule has 1 heterocycles. The lowest BCUT2D eigenvalue weighted by molar-refractivity contribution is 0.0687. The molecule has 0 spiro atoms. The van der Waals surface area contributed by atoms with Crippen molar-refractivity contribution in [2.24, 2.45) is 0 Å². The molecule has 0 bridgehead atoms. The fourth-order valence-corrected chi connectivity index (χ4v) is 2.19. The molecular weight excluding hydrogens is 206 g/mol. The van der Waals surface area contributed by atoms with E-state index in [4.69, 9.17) is 5.11 Å². The topological polar surface area (TPSA) is 68.0 Å². The Bertz CT molecular complexity index is 392. The van der Waals surface area contributed by atoms with E-state index in [9.17, 15) is 4.79 Å². The Morgan fingerprint density at radius 2 is 2.00 bits per heavy atom. The van der Waals surface area contributed by atoms with Crippen LogP contribution in [0.2, 0.25) is 0 Å². The molecule has 0 saturated heterocycles. The maximum Gasteiger partial charge on any atom is 0.358 e. The maximum atomic E-state index is 11.1. The van der Waals surface area contributed by atoms with Crippen LogP contribution in [0.25, 0.3) is 0 Å². The first kappa shape index (κ1) is 11.1. The van der Waals surface area contributed by atoms with Crippen molar-refractivity contribution in [2.45, 2.75) is 51.5 Å². The van der Waals surface area contributed by atoms with Gasteiger partial charge in [0.1, 0.15) is 5.69 Å². The number of carboxylic acid groups (broad SMARTS) is 1. The molecular formula is C11H17N3O2. The highest BCUT2D eigenvalue weighted by molar-refractivity contribution is 5.86. The molecule has 5 nitrogen and oxygen atoms in total. The molecule has 1 saturated carbocycles. The van der Waals surface area contributed by atoms with Gasteiger partial charge in [0.2, 0.25) is 0 Å². The normalized spacial score (nSPS) is 17.2. The Labute approximate surface area is 94.5 Å². The second-order valence-corrected chi connectivity index (χ2v) is 4.63. The molecule has 5 heteroatoms. The Kier molecular flexibility index (Phi) is 2.94. The van der Waals surface area contributed by atoms with Gasteiger partial charge in [0, 0.05) is 5.92 Å². The summed E-state index contributed by atoms with van der Waals surface area (Å²) in [4.78, 5) is 12.6. The molecule has 1 aliphatic carbocycles. The van der Waals surface area contributed by atoms with Crippen LogP contribution in [0.3, 0.4) is 0 Å². The van der Waals surface area contributed by atoms with Crippen molar-refractivity contribution in [1.82, 2.24) is 15.0 Å². The molecule has 1 aromatic rings. The average Bonchev–Trinajstić information content (AvgIpc) is 2.86. The van der Waals surface area contributed by atoms with Crippen LogP contribution in [0.15, 0.2) is 0 Å². The van der Waals surface area contributed by atoms with E-state index in [2.05, 4.69) is 10.2 Å². The summed E-state index contributed by atoms with van der Waals surface area (Å²) < 4.78 is 0. The first-order chi connectivity index (χ1) is 7.59. The van der Waals surface area contributed by atoms with Crippen molar-refractivity contribution in [3.63, 3.8) is 0 Å². The lowest BCUT2D eigenvalue weighted by Crippen LogP contribution is -2.06. The first-order valence-electron chi connectivity index (χ1n) is 5.79. The fraction of sp³-hybridized carbons (Fsp3) is 0.727. The Hall–Kier alpha value is -1.39. The molecule has 1 aliphatic rings. The maximum absolute atomic E-state index is 11.1. The van der Waals surface area contributed by atoms with E-state index in [1.807, 2.05) is 13.8 Å². The van der Waals surface area contributed by atoms with Gasteiger partial charge in [0.15, 0.2) is 5.69 Å². The highest BCUT2D eigenvalue weighted by atomic mass is 16.4. The number of hydrogen-bond acceptors (Lipinski definition) is 3. The molecule has 0 aromatic carbocycles. The Balaban J connectivity index is 2.37. The van der Waals surface area contributed by atoms with Crippen LogP contribution in [-0.2, 0) is 0 Å². The quantitative estimate of drug-likeness (QED) is 0.853. The number of rotatable bonds is 3. The minimum absolute atomic E-state index is 0.105. The van der Waals surface area contributed by atoms with E-state index >= 15 is 0 Å². The third-order valence-electron chi connectivity index (χ3n) is 3.06. The molecule has 2 rings (SSSR count). The van der Waals surface area contributed by atoms with E-state index in [0.717, 1.165) is 25.7 Å². The summed E-state index contributed by atoms with van der Waals surface area (Å²) in [5, 5.41) is 17.5. The van der Waals surface area contributed by atoms with Gasteiger partial charge >= 0.3 is 5.97 Å². The summed E-state index contributed by atoms with van der Waals surface area (Å²) in [5.74, 6) is -0.674. The number of carboxylic acids is 1. The number of hydrogen-bond donors (Lipinski definition) is 1. The molecule has 1 fully saturated rings. The summed E-state index contributed by atoms with van der Waals surface area (Å²) in [6.45, 7) is 3.90. The van der Waals surface area contributed by atoms with E-state index in [1.54, 1.807) is 0 Å². The van der Waals surface area contributed by atoms with E-state index in [1.165, 1.54) is 4.80 Å². The SMILES string of the molecule is CC(C)n1nc(C(=O)O)c(C2CCCC2)n1. The van der Waals surface area contributed by atoms with Gasteiger partial charge in [0.25, 0.3) is 0 Å². The van der Waals surface area contributed by atoms with Crippen molar-refractivity contribution in [2.75, 3.05) is 0 Å². The van der Waals surface area contributed by atoms with Crippen molar-refractivity contribution in [1.29, 1.82) is 0 Å². The number of aromatic nitrogens is 3. The minimum Gasteiger partial charge on any atom is -0.476 e. The van der Waals surface area contributed by atoms with Crippen LogP contribution in [0.1, 0.15) is 67.7 Å². The standard InChI is InChI=1S/C11H17N3O2/c1-7(2)14-12-9(8-5-3-4-6-8)10(13-14)11(15)16/h7-8H,3-6H2,1-2H3,(H,15,16). The van der Waals surface area contributed by atoms with E-state index < -0.39 is 5.97 Å². The summed E-state index contributed by atoms with van der Waals surface area (Å²) in [5.41, 5.74) is 0.819. The number of carbonyl (C=O) groups is 1. The van der Waals surface area contributed by atoms with Gasteiger partial charge in [-0.2, -0.15) is 9.90 Å². The number of nitrogens with zero attached hydrogens (tertiary/aromatic N) is 3. The monoisotopic (exact) mass is 223 g/mol. The first-order valence-corrected chi connectivity index (χ1v) is 5.79. The van der Waals surface area contributed by atoms with Gasteiger partial charge < -0.3 is 5.11 Å². The third-order valence-corrected chi connectivity index (χ3v) is 3.06. The Morgan fingerprint density at radius 3 is 2.50 bits per heavy atom. The van der Waals surface area contributed by atoms with Gasteiger partial charge in [0.05, 0.1) is 6.04 Å². The van der Waals surface area contributed by atoms with Crippen LogP contribution in [0.4, 0.5) is 0 Å². The smallest absolute Gasteiger partial charge is 0.358 e. The van der Waals surface area contributed by atoms with Crippen LogP contribution < -0.4 is 0 Å². The van der Waals surface area contributed by atoms with Crippen LogP contribution >= 0.6 is 0 Å². The van der Waals surface area contributed by atoms with Crippen molar-refractivity contribution >= 4 is 5.97 Å². The fourth-order valence-electron chi connectivity index (χ4n) is 2.19. The predicted octanol–water partition coefficient (Wildman–Crippen LogP) is 2.21. The summed E-state index contributed by atoms with van der Waals surface area (Å²) >= 11 is 0. The zero-order chi connectivity index (χ0) is 11.7. The lowest BCUT2D eigenvalue weighted by atomic mass is 10.0. The molecule has 1 aromatic heterocycles. The van der Waals surface area contributed by atoms with E-state index in [-0.39, 0.29) is 11.7 Å². The highest BCUT2D eigenvalue weighted by Gasteiger charge is 2.27. The zero-order valence-electron chi connectivity index (χ0n) is 9.68. The molecule has 16 heavy (non-hydrogen) atoms. The molecule has 0 aliphatic heterocycles. The van der Waals surface area contributed by atoms with Gasteiger partial charge in [-0.05, 0) is 26.7 Å². The van der Waals surface area contributed by atoms with Gasteiger partial charge in [-0.15, -0.1) is 5.10 Å². The van der Waals surface area contributed by atoms with Crippen molar-refractivity contribution in [3.05, 3.63) is 11.4 Å². The van der Waals surface area contributed by atoms with Gasteiger partial charge in [-0.25, -0.2) is 4.79 Å². The highest BCUT2D eigenvalue weighted by Crippen LogP contribution is 2.34. The second kappa shape index (κ2) is 4.23. The van der Waals surface area contributed by atoms with Crippen molar-refractivity contribution < 1.29 is 9.90 Å². The molecule has 0 amide bonds. The second-order valence-electron chi connectivity index (χ2n) is 4.63. The molecule has 88 valence electrons. The van der Waals surface area contributed by atoms with Crippen LogP contribution in [0.5, 0.6) is 0 Å². The predicted molar refractivity (Wildman–Crippen MR) is 58.6 cm³/mol. The Morgan fingerprint density at radius 1 is 1.38 bits per heavy atom. The lowest BCUT2D eigenvalue weighted by Gasteiger charge is -2.05. The number of aromatic carboxylic acids is 1. The van der Waals surface area contributed by atoms with Crippen molar-refractivity contribution in [3.8, 4) is 0 Å². The largest absolute Gasteiger partial charge is 0.476 e. The minimum atomic E-state index is -0.964.